The number of nitrogens with one attached hydrogen (secondary N) is 1. The van der Waals surface area contributed by atoms with Crippen LogP contribution in [0.2, 0.25) is 0 Å². The van der Waals surface area contributed by atoms with Gasteiger partial charge in [0, 0.05) is 5.92 Å². The molecule has 0 saturated heterocycles. The van der Waals surface area contributed by atoms with Gasteiger partial charge in [-0.15, -0.1) is 0 Å². The van der Waals surface area contributed by atoms with Crippen molar-refractivity contribution in [1.82, 2.24) is 5.32 Å². The third kappa shape index (κ3) is 4.00. The van der Waals surface area contributed by atoms with Gasteiger partial charge in [0.15, 0.2) is 0 Å². The van der Waals surface area contributed by atoms with E-state index in [-0.39, 0.29) is 11.8 Å². The highest BCUT2D eigenvalue weighted by molar-refractivity contribution is 5.79. The fraction of sp³-hybridized carbons (Fsp3) is 0.900. The first-order valence-electron chi connectivity index (χ1n) is 5.48. The molecule has 1 amide bonds. The van der Waals surface area contributed by atoms with E-state index in [2.05, 4.69) is 0 Å². The molecular weight excluding hydrogens is 221 g/mol. The van der Waals surface area contributed by atoms with Gasteiger partial charge in [-0.25, -0.2) is 0 Å². The second kappa shape index (κ2) is 5.52. The van der Waals surface area contributed by atoms with Crippen molar-refractivity contribution in [2.24, 2.45) is 17.6 Å². The Labute approximate surface area is 92.6 Å². The molecule has 94 valence electrons. The van der Waals surface area contributed by atoms with Crippen LogP contribution in [-0.4, -0.2) is 25.2 Å². The quantitative estimate of drug-likeness (QED) is 0.781. The molecule has 1 aliphatic rings. The predicted molar refractivity (Wildman–Crippen MR) is 53.6 cm³/mol. The molecule has 0 aromatic rings. The topological polar surface area (TPSA) is 55.1 Å². The van der Waals surface area contributed by atoms with Crippen molar-refractivity contribution < 1.29 is 18.0 Å². The Balaban J connectivity index is 2.45. The van der Waals surface area contributed by atoms with Gasteiger partial charge in [0.1, 0.15) is 6.54 Å². The molecule has 1 saturated carbocycles. The van der Waals surface area contributed by atoms with E-state index < -0.39 is 18.6 Å². The van der Waals surface area contributed by atoms with Crippen molar-refractivity contribution in [3.05, 3.63) is 0 Å². The molecule has 1 aliphatic carbocycles. The molecule has 16 heavy (non-hydrogen) atoms. The summed E-state index contributed by atoms with van der Waals surface area (Å²) in [6, 6.07) is 0. The first-order chi connectivity index (χ1) is 7.44. The minimum Gasteiger partial charge on any atom is -0.347 e. The Hall–Kier alpha value is -0.780. The van der Waals surface area contributed by atoms with Crippen LogP contribution in [0.3, 0.4) is 0 Å². The number of hydrogen-bond acceptors (Lipinski definition) is 2. The number of rotatable bonds is 3. The fourth-order valence-electron chi connectivity index (χ4n) is 2.15. The van der Waals surface area contributed by atoms with Crippen LogP contribution in [0, 0.1) is 11.8 Å². The van der Waals surface area contributed by atoms with E-state index in [0.717, 1.165) is 19.3 Å². The smallest absolute Gasteiger partial charge is 0.347 e. The zero-order chi connectivity index (χ0) is 12.2. The van der Waals surface area contributed by atoms with Crippen molar-refractivity contribution in [1.29, 1.82) is 0 Å². The van der Waals surface area contributed by atoms with Gasteiger partial charge in [0.05, 0.1) is 0 Å². The monoisotopic (exact) mass is 238 g/mol. The molecule has 0 aliphatic heterocycles. The zero-order valence-electron chi connectivity index (χ0n) is 9.02. The minimum atomic E-state index is -4.34. The maximum absolute atomic E-state index is 11.9. The molecule has 2 unspecified atom stereocenters. The summed E-state index contributed by atoms with van der Waals surface area (Å²) in [5.74, 6) is -0.824. The van der Waals surface area contributed by atoms with Crippen LogP contribution in [0.5, 0.6) is 0 Å². The van der Waals surface area contributed by atoms with Crippen LogP contribution in [0.25, 0.3) is 0 Å². The fourth-order valence-corrected chi connectivity index (χ4v) is 2.15. The van der Waals surface area contributed by atoms with Crippen molar-refractivity contribution in [2.45, 2.75) is 31.9 Å². The number of halogens is 3. The highest BCUT2D eigenvalue weighted by Gasteiger charge is 2.33. The number of nitrogens with two attached hydrogens (primary N) is 1. The SMILES string of the molecule is NCC1CCCCC1C(=O)NCC(F)(F)F. The Morgan fingerprint density at radius 2 is 1.94 bits per heavy atom. The summed E-state index contributed by atoms with van der Waals surface area (Å²) >= 11 is 0. The summed E-state index contributed by atoms with van der Waals surface area (Å²) in [5.41, 5.74) is 5.51. The van der Waals surface area contributed by atoms with Crippen LogP contribution < -0.4 is 11.1 Å². The standard InChI is InChI=1S/C10H17F3N2O/c11-10(12,13)6-15-9(16)8-4-2-1-3-7(8)5-14/h7-8H,1-6,14H2,(H,15,16). The minimum absolute atomic E-state index is 0.0296. The second-order valence-electron chi connectivity index (χ2n) is 4.22. The lowest BCUT2D eigenvalue weighted by Crippen LogP contribution is -2.42. The third-order valence-electron chi connectivity index (χ3n) is 3.01. The van der Waals surface area contributed by atoms with Gasteiger partial charge in [-0.3, -0.25) is 4.79 Å². The maximum Gasteiger partial charge on any atom is 0.405 e. The average molecular weight is 238 g/mol. The van der Waals surface area contributed by atoms with Crippen LogP contribution >= 0.6 is 0 Å². The lowest BCUT2D eigenvalue weighted by molar-refractivity contribution is -0.142. The molecule has 6 heteroatoms. The number of alkyl halides is 3. The molecule has 0 radical (unpaired) electrons. The van der Waals surface area contributed by atoms with E-state index in [9.17, 15) is 18.0 Å². The first kappa shape index (κ1) is 13.3. The van der Waals surface area contributed by atoms with E-state index >= 15 is 0 Å². The van der Waals surface area contributed by atoms with Gasteiger partial charge in [-0.2, -0.15) is 13.2 Å². The Kier molecular flexibility index (Phi) is 4.58. The van der Waals surface area contributed by atoms with E-state index in [4.69, 9.17) is 5.73 Å². The molecule has 0 aromatic heterocycles. The van der Waals surface area contributed by atoms with Crippen LogP contribution in [0.15, 0.2) is 0 Å². The number of carbonyl (C=O) groups excluding carboxylic acids is 1. The zero-order valence-corrected chi connectivity index (χ0v) is 9.02. The van der Waals surface area contributed by atoms with Crippen molar-refractivity contribution >= 4 is 5.91 Å². The molecule has 1 fully saturated rings. The van der Waals surface area contributed by atoms with E-state index in [1.54, 1.807) is 0 Å². The third-order valence-corrected chi connectivity index (χ3v) is 3.01. The second-order valence-corrected chi connectivity index (χ2v) is 4.22. The molecule has 0 aromatic carbocycles. The number of carbonyl (C=O) groups is 1. The van der Waals surface area contributed by atoms with Crippen LogP contribution in [-0.2, 0) is 4.79 Å². The molecule has 1 rings (SSSR count). The highest BCUT2D eigenvalue weighted by Crippen LogP contribution is 2.29. The van der Waals surface area contributed by atoms with Gasteiger partial charge >= 0.3 is 6.18 Å². The Bertz CT molecular complexity index is 243. The Morgan fingerprint density at radius 3 is 2.50 bits per heavy atom. The molecule has 2 atom stereocenters. The average Bonchev–Trinajstić information content (AvgIpc) is 2.25. The van der Waals surface area contributed by atoms with E-state index in [1.807, 2.05) is 5.32 Å². The van der Waals surface area contributed by atoms with Crippen LogP contribution in [0.4, 0.5) is 13.2 Å². The lowest BCUT2D eigenvalue weighted by Gasteiger charge is -2.29. The number of hydrogen-bond donors (Lipinski definition) is 2. The largest absolute Gasteiger partial charge is 0.405 e. The van der Waals surface area contributed by atoms with E-state index in [1.165, 1.54) is 0 Å². The highest BCUT2D eigenvalue weighted by atomic mass is 19.4. The van der Waals surface area contributed by atoms with Crippen molar-refractivity contribution in [2.75, 3.05) is 13.1 Å². The maximum atomic E-state index is 11.9. The molecule has 0 spiro atoms. The summed E-state index contributed by atoms with van der Waals surface area (Å²) < 4.78 is 35.8. The summed E-state index contributed by atoms with van der Waals surface area (Å²) in [5, 5.41) is 1.94. The molecule has 0 bridgehead atoms. The molecular formula is C10H17F3N2O. The van der Waals surface area contributed by atoms with Gasteiger partial charge in [-0.05, 0) is 25.3 Å². The van der Waals surface area contributed by atoms with Crippen molar-refractivity contribution in [3.8, 4) is 0 Å². The van der Waals surface area contributed by atoms with Gasteiger partial charge in [-0.1, -0.05) is 12.8 Å². The van der Waals surface area contributed by atoms with Crippen LogP contribution in [0.1, 0.15) is 25.7 Å². The van der Waals surface area contributed by atoms with Gasteiger partial charge in [0.25, 0.3) is 0 Å². The number of amides is 1. The summed E-state index contributed by atoms with van der Waals surface area (Å²) in [6.45, 7) is -0.885. The summed E-state index contributed by atoms with van der Waals surface area (Å²) in [6.07, 6.45) is -0.972. The van der Waals surface area contributed by atoms with Crippen molar-refractivity contribution in [3.63, 3.8) is 0 Å². The van der Waals surface area contributed by atoms with Gasteiger partial charge in [0.2, 0.25) is 5.91 Å². The lowest BCUT2D eigenvalue weighted by atomic mass is 9.79. The molecule has 3 N–H and O–H groups in total. The molecule has 3 nitrogen and oxygen atoms in total. The molecule has 0 heterocycles. The van der Waals surface area contributed by atoms with Gasteiger partial charge < -0.3 is 11.1 Å². The normalized spacial score (nSPS) is 26.5. The van der Waals surface area contributed by atoms with E-state index in [0.29, 0.717) is 13.0 Å². The summed E-state index contributed by atoms with van der Waals surface area (Å²) in [4.78, 5) is 11.5. The first-order valence-corrected chi connectivity index (χ1v) is 5.48. The summed E-state index contributed by atoms with van der Waals surface area (Å²) in [7, 11) is 0. The predicted octanol–water partition coefficient (Wildman–Crippen LogP) is 1.43. The Morgan fingerprint density at radius 1 is 1.31 bits per heavy atom.